The van der Waals surface area contributed by atoms with Crippen LogP contribution in [0.15, 0.2) is 48.1 Å². The molecule has 0 saturated heterocycles. The van der Waals surface area contributed by atoms with E-state index in [1.165, 1.54) is 23.6 Å². The number of imidazole rings is 1. The highest BCUT2D eigenvalue weighted by atomic mass is 32.1. The second kappa shape index (κ2) is 7.05. The lowest BCUT2D eigenvalue weighted by Gasteiger charge is -2.20. The molecule has 0 spiro atoms. The summed E-state index contributed by atoms with van der Waals surface area (Å²) in [4.78, 5) is 7.16. The van der Waals surface area contributed by atoms with Crippen LogP contribution in [0, 0.1) is 16.8 Å². The average Bonchev–Trinajstić information content (AvgIpc) is 3.30. The molecule has 0 aliphatic heterocycles. The van der Waals surface area contributed by atoms with Crippen molar-refractivity contribution < 1.29 is 13.2 Å². The molecule has 4 aromatic rings. The van der Waals surface area contributed by atoms with Crippen LogP contribution >= 0.6 is 11.3 Å². The van der Waals surface area contributed by atoms with Gasteiger partial charge in [0.15, 0.2) is 16.8 Å². The van der Waals surface area contributed by atoms with Crippen molar-refractivity contribution in [1.29, 1.82) is 0 Å². The minimum atomic E-state index is -1.02. The Morgan fingerprint density at radius 2 is 1.96 bits per heavy atom. The maximum Gasteiger partial charge on any atom is 0.177 e. The van der Waals surface area contributed by atoms with Crippen LogP contribution in [-0.2, 0) is 0 Å². The smallest absolute Gasteiger partial charge is 0.177 e. The van der Waals surface area contributed by atoms with Gasteiger partial charge in [-0.15, -0.1) is 11.3 Å². The Labute approximate surface area is 156 Å². The van der Waals surface area contributed by atoms with Crippen LogP contribution < -0.4 is 11.1 Å². The van der Waals surface area contributed by atoms with Crippen LogP contribution in [0.3, 0.4) is 0 Å². The molecule has 2 heterocycles. The van der Waals surface area contributed by atoms with E-state index >= 15 is 0 Å². The normalized spacial score (nSPS) is 12.4. The number of thiophene rings is 1. The molecular formula is C19H15F3N4S. The molecule has 2 aromatic heterocycles. The lowest BCUT2D eigenvalue weighted by Crippen LogP contribution is -2.22. The number of halogens is 3. The zero-order chi connectivity index (χ0) is 19.0. The largest absolute Gasteiger partial charge is 0.377 e. The number of anilines is 1. The molecule has 0 aliphatic carbocycles. The summed E-state index contributed by atoms with van der Waals surface area (Å²) in [5, 5.41) is 4.11. The number of benzene rings is 2. The SMILES string of the molecule is NCC(Nc1ccc2[nH]cnc2c1)c1ccc(-c2csc(F)c2)c(F)c1F. The van der Waals surface area contributed by atoms with Crippen LogP contribution in [0.2, 0.25) is 0 Å². The van der Waals surface area contributed by atoms with E-state index in [4.69, 9.17) is 5.73 Å². The van der Waals surface area contributed by atoms with Crippen LogP contribution in [0.4, 0.5) is 18.9 Å². The van der Waals surface area contributed by atoms with Crippen molar-refractivity contribution in [2.45, 2.75) is 6.04 Å². The standard InChI is InChI=1S/C19H15F3N4S/c20-17-5-10(8-27-17)12-2-3-13(19(22)18(12)21)16(7-23)26-11-1-4-14-15(6-11)25-9-24-14/h1-6,8-9,16,26H,7,23H2,(H,24,25). The Bertz CT molecular complexity index is 1110. The van der Waals surface area contributed by atoms with Crippen molar-refractivity contribution >= 4 is 28.1 Å². The summed E-state index contributed by atoms with van der Waals surface area (Å²) < 4.78 is 42.5. The highest BCUT2D eigenvalue weighted by molar-refractivity contribution is 7.08. The van der Waals surface area contributed by atoms with E-state index in [2.05, 4.69) is 15.3 Å². The summed E-state index contributed by atoms with van der Waals surface area (Å²) in [5.41, 5.74) is 8.54. The highest BCUT2D eigenvalue weighted by Crippen LogP contribution is 2.32. The van der Waals surface area contributed by atoms with Gasteiger partial charge in [0, 0.05) is 28.7 Å². The fraction of sp³-hybridized carbons (Fsp3) is 0.105. The molecule has 2 aromatic carbocycles. The number of nitrogens with zero attached hydrogens (tertiary/aromatic N) is 1. The first-order valence-electron chi connectivity index (χ1n) is 8.19. The third kappa shape index (κ3) is 3.29. The molecule has 0 bridgehead atoms. The molecule has 1 atom stereocenters. The first-order valence-corrected chi connectivity index (χ1v) is 9.07. The second-order valence-corrected chi connectivity index (χ2v) is 6.90. The summed E-state index contributed by atoms with van der Waals surface area (Å²) in [7, 11) is 0. The molecule has 0 amide bonds. The molecule has 4 rings (SSSR count). The molecule has 27 heavy (non-hydrogen) atoms. The molecule has 138 valence electrons. The molecule has 0 fully saturated rings. The predicted octanol–water partition coefficient (Wildman–Crippen LogP) is 4.82. The summed E-state index contributed by atoms with van der Waals surface area (Å²) in [6.45, 7) is 0.0569. The lowest BCUT2D eigenvalue weighted by atomic mass is 10.00. The van der Waals surface area contributed by atoms with E-state index in [1.54, 1.807) is 18.5 Å². The Balaban J connectivity index is 1.66. The molecule has 4 nitrogen and oxygen atoms in total. The molecular weight excluding hydrogens is 373 g/mol. The number of nitrogens with two attached hydrogens (primary N) is 1. The van der Waals surface area contributed by atoms with Crippen LogP contribution in [0.1, 0.15) is 11.6 Å². The number of hydrogen-bond donors (Lipinski definition) is 3. The third-order valence-electron chi connectivity index (χ3n) is 4.36. The van der Waals surface area contributed by atoms with E-state index in [-0.39, 0.29) is 17.7 Å². The summed E-state index contributed by atoms with van der Waals surface area (Å²) in [6, 6.07) is 8.90. The number of H-pyrrole nitrogens is 1. The van der Waals surface area contributed by atoms with Gasteiger partial charge in [-0.1, -0.05) is 12.1 Å². The summed E-state index contributed by atoms with van der Waals surface area (Å²) in [5.74, 6) is -2.02. The Morgan fingerprint density at radius 1 is 1.11 bits per heavy atom. The van der Waals surface area contributed by atoms with Gasteiger partial charge in [-0.25, -0.2) is 13.8 Å². The van der Waals surface area contributed by atoms with E-state index < -0.39 is 22.8 Å². The van der Waals surface area contributed by atoms with E-state index in [0.29, 0.717) is 11.3 Å². The number of hydrogen-bond acceptors (Lipinski definition) is 4. The van der Waals surface area contributed by atoms with Crippen LogP contribution in [0.5, 0.6) is 0 Å². The lowest BCUT2D eigenvalue weighted by molar-refractivity contribution is 0.495. The zero-order valence-corrected chi connectivity index (χ0v) is 14.8. The molecule has 0 aliphatic rings. The number of aromatic amines is 1. The fourth-order valence-corrected chi connectivity index (χ4v) is 3.62. The Kier molecular flexibility index (Phi) is 4.59. The molecule has 8 heteroatoms. The van der Waals surface area contributed by atoms with Crippen LogP contribution in [-0.4, -0.2) is 16.5 Å². The van der Waals surface area contributed by atoms with Gasteiger partial charge >= 0.3 is 0 Å². The van der Waals surface area contributed by atoms with Gasteiger partial charge in [-0.2, -0.15) is 4.39 Å². The number of nitrogens with one attached hydrogen (secondary N) is 2. The minimum absolute atomic E-state index is 0.0186. The topological polar surface area (TPSA) is 66.7 Å². The van der Waals surface area contributed by atoms with Gasteiger partial charge < -0.3 is 16.0 Å². The van der Waals surface area contributed by atoms with Crippen molar-refractivity contribution in [3.63, 3.8) is 0 Å². The van der Waals surface area contributed by atoms with E-state index in [1.807, 2.05) is 6.07 Å². The summed E-state index contributed by atoms with van der Waals surface area (Å²) in [6.07, 6.45) is 1.58. The van der Waals surface area contributed by atoms with Gasteiger partial charge in [-0.05, 0) is 29.8 Å². The maximum absolute atomic E-state index is 14.7. The number of fused-ring (bicyclic) bond motifs is 1. The number of aromatic nitrogens is 2. The zero-order valence-electron chi connectivity index (χ0n) is 14.0. The minimum Gasteiger partial charge on any atom is -0.377 e. The van der Waals surface area contributed by atoms with Gasteiger partial charge in [0.2, 0.25) is 0 Å². The number of rotatable bonds is 5. The second-order valence-electron chi connectivity index (χ2n) is 6.04. The fourth-order valence-electron chi connectivity index (χ4n) is 2.99. The predicted molar refractivity (Wildman–Crippen MR) is 101 cm³/mol. The van der Waals surface area contributed by atoms with Crippen molar-refractivity contribution in [1.82, 2.24) is 9.97 Å². The molecule has 0 saturated carbocycles. The Morgan fingerprint density at radius 3 is 2.70 bits per heavy atom. The van der Waals surface area contributed by atoms with Gasteiger partial charge in [-0.3, -0.25) is 0 Å². The van der Waals surface area contributed by atoms with Gasteiger partial charge in [0.1, 0.15) is 0 Å². The average molecular weight is 388 g/mol. The third-order valence-corrected chi connectivity index (χ3v) is 5.08. The quantitative estimate of drug-likeness (QED) is 0.459. The first kappa shape index (κ1) is 17.6. The Hall–Kier alpha value is -2.84. The maximum atomic E-state index is 14.7. The van der Waals surface area contributed by atoms with E-state index in [9.17, 15) is 13.2 Å². The van der Waals surface area contributed by atoms with Crippen molar-refractivity contribution in [2.75, 3.05) is 11.9 Å². The first-order chi connectivity index (χ1) is 13.1. The highest BCUT2D eigenvalue weighted by Gasteiger charge is 2.21. The van der Waals surface area contributed by atoms with E-state index in [0.717, 1.165) is 22.4 Å². The summed E-state index contributed by atoms with van der Waals surface area (Å²) >= 11 is 0.836. The van der Waals surface area contributed by atoms with Crippen molar-refractivity contribution in [2.24, 2.45) is 5.73 Å². The molecule has 0 radical (unpaired) electrons. The molecule has 1 unspecified atom stereocenters. The monoisotopic (exact) mass is 388 g/mol. The van der Waals surface area contributed by atoms with Crippen molar-refractivity contribution in [3.8, 4) is 11.1 Å². The van der Waals surface area contributed by atoms with Crippen molar-refractivity contribution in [3.05, 3.63) is 70.4 Å². The van der Waals surface area contributed by atoms with Gasteiger partial charge in [0.05, 0.1) is 23.4 Å². The van der Waals surface area contributed by atoms with Gasteiger partial charge in [0.25, 0.3) is 0 Å². The van der Waals surface area contributed by atoms with Crippen LogP contribution in [0.25, 0.3) is 22.2 Å². The molecule has 4 N–H and O–H groups in total.